The highest BCUT2D eigenvalue weighted by Gasteiger charge is 2.33. The highest BCUT2D eigenvalue weighted by atomic mass is 16.5. The molecule has 179 valence electrons. The quantitative estimate of drug-likeness (QED) is 0.474. The van der Waals surface area contributed by atoms with E-state index >= 15 is 0 Å². The normalized spacial score (nSPS) is 34.8. The van der Waals surface area contributed by atoms with Crippen molar-refractivity contribution in [3.8, 4) is 0 Å². The van der Waals surface area contributed by atoms with Crippen LogP contribution in [0.5, 0.6) is 0 Å². The molecule has 1 radical (unpaired) electrons. The highest BCUT2D eigenvalue weighted by Crippen LogP contribution is 2.28. The van der Waals surface area contributed by atoms with Gasteiger partial charge in [0, 0.05) is 26.4 Å². The standard InChI is InChI=1S/C26H46NO4/c1-5-17-28-21(9-1)13-15-23(25-11-3-7-19-30-25)27-24(26-12-4-8-20-31-26)16-14-22-10-2-6-18-29-22/h21-26H,1-20H2. The summed E-state index contributed by atoms with van der Waals surface area (Å²) in [6.45, 7) is 3.67. The Balaban J connectivity index is 1.36. The maximum atomic E-state index is 6.26. The number of nitrogens with zero attached hydrogens (tertiary/aromatic N) is 1. The minimum Gasteiger partial charge on any atom is -0.378 e. The van der Waals surface area contributed by atoms with Gasteiger partial charge in [-0.05, 0) is 103 Å². The van der Waals surface area contributed by atoms with E-state index in [9.17, 15) is 0 Å². The van der Waals surface area contributed by atoms with E-state index in [4.69, 9.17) is 24.3 Å². The van der Waals surface area contributed by atoms with Gasteiger partial charge in [0.15, 0.2) is 0 Å². The van der Waals surface area contributed by atoms with Gasteiger partial charge in [0.2, 0.25) is 0 Å². The SMILES string of the molecule is C1CCC(CCC([N]C(CCC2CCCCO2)C2CCCCO2)C2CCCCO2)OC1. The zero-order valence-corrected chi connectivity index (χ0v) is 19.7. The average Bonchev–Trinajstić information content (AvgIpc) is 2.86. The molecule has 0 N–H and O–H groups in total. The largest absolute Gasteiger partial charge is 0.378 e. The summed E-state index contributed by atoms with van der Waals surface area (Å²) in [6, 6.07) is 0.572. The summed E-state index contributed by atoms with van der Waals surface area (Å²) >= 11 is 0. The Bertz CT molecular complexity index is 424. The first-order valence-electron chi connectivity index (χ1n) is 13.5. The second-order valence-corrected chi connectivity index (χ2v) is 10.2. The minimum absolute atomic E-state index is 0.286. The van der Waals surface area contributed by atoms with Crippen LogP contribution in [0.4, 0.5) is 0 Å². The Morgan fingerprint density at radius 1 is 0.516 bits per heavy atom. The van der Waals surface area contributed by atoms with Crippen molar-refractivity contribution in [1.82, 2.24) is 5.32 Å². The molecule has 0 spiro atoms. The molecule has 0 aromatic heterocycles. The summed E-state index contributed by atoms with van der Waals surface area (Å²) in [6.07, 6.45) is 20.6. The summed E-state index contributed by atoms with van der Waals surface area (Å²) in [4.78, 5) is 0. The zero-order valence-electron chi connectivity index (χ0n) is 19.7. The second-order valence-electron chi connectivity index (χ2n) is 10.2. The van der Waals surface area contributed by atoms with Gasteiger partial charge in [-0.15, -0.1) is 0 Å². The van der Waals surface area contributed by atoms with Crippen LogP contribution in [-0.2, 0) is 18.9 Å². The van der Waals surface area contributed by atoms with Gasteiger partial charge < -0.3 is 18.9 Å². The Kier molecular flexibility index (Phi) is 10.4. The van der Waals surface area contributed by atoms with Crippen LogP contribution in [0.1, 0.15) is 103 Å². The van der Waals surface area contributed by atoms with Crippen LogP contribution in [0.3, 0.4) is 0 Å². The maximum absolute atomic E-state index is 6.26. The molecule has 4 fully saturated rings. The average molecular weight is 437 g/mol. The Morgan fingerprint density at radius 2 is 0.935 bits per heavy atom. The lowest BCUT2D eigenvalue weighted by atomic mass is 9.91. The molecule has 5 nitrogen and oxygen atoms in total. The van der Waals surface area contributed by atoms with Crippen molar-refractivity contribution in [3.63, 3.8) is 0 Å². The predicted molar refractivity (Wildman–Crippen MR) is 123 cm³/mol. The molecule has 6 atom stereocenters. The van der Waals surface area contributed by atoms with Crippen LogP contribution in [0, 0.1) is 0 Å². The number of hydrogen-bond acceptors (Lipinski definition) is 4. The van der Waals surface area contributed by atoms with Crippen molar-refractivity contribution in [2.24, 2.45) is 0 Å². The third-order valence-corrected chi connectivity index (χ3v) is 7.79. The lowest BCUT2D eigenvalue weighted by Crippen LogP contribution is -2.49. The first kappa shape index (κ1) is 23.9. The van der Waals surface area contributed by atoms with Crippen LogP contribution >= 0.6 is 0 Å². The minimum atomic E-state index is 0.286. The van der Waals surface area contributed by atoms with E-state index in [1.54, 1.807) is 0 Å². The van der Waals surface area contributed by atoms with E-state index in [1.165, 1.54) is 64.2 Å². The van der Waals surface area contributed by atoms with Gasteiger partial charge >= 0.3 is 0 Å². The Labute approximate surface area is 190 Å². The van der Waals surface area contributed by atoms with E-state index in [2.05, 4.69) is 0 Å². The van der Waals surface area contributed by atoms with Gasteiger partial charge in [-0.25, -0.2) is 5.32 Å². The van der Waals surface area contributed by atoms with Crippen molar-refractivity contribution in [2.75, 3.05) is 26.4 Å². The lowest BCUT2D eigenvalue weighted by Gasteiger charge is -2.38. The van der Waals surface area contributed by atoms with Crippen LogP contribution in [0.25, 0.3) is 0 Å². The van der Waals surface area contributed by atoms with E-state index in [0.29, 0.717) is 12.2 Å². The third-order valence-electron chi connectivity index (χ3n) is 7.79. The molecular weight excluding hydrogens is 390 g/mol. The van der Waals surface area contributed by atoms with Crippen molar-refractivity contribution < 1.29 is 18.9 Å². The van der Waals surface area contributed by atoms with Gasteiger partial charge in [0.1, 0.15) is 0 Å². The molecule has 4 rings (SSSR count). The van der Waals surface area contributed by atoms with Gasteiger partial charge in [0.05, 0.1) is 36.5 Å². The molecule has 4 aliphatic rings. The van der Waals surface area contributed by atoms with Crippen molar-refractivity contribution in [1.29, 1.82) is 0 Å². The number of ether oxygens (including phenoxy) is 4. The molecule has 0 saturated carbocycles. The van der Waals surface area contributed by atoms with Crippen LogP contribution < -0.4 is 5.32 Å². The van der Waals surface area contributed by atoms with Crippen molar-refractivity contribution in [2.45, 2.75) is 139 Å². The molecule has 31 heavy (non-hydrogen) atoms. The fraction of sp³-hybridized carbons (Fsp3) is 1.00. The van der Waals surface area contributed by atoms with E-state index in [1.807, 2.05) is 0 Å². The van der Waals surface area contributed by atoms with Crippen LogP contribution in [-0.4, -0.2) is 62.9 Å². The summed E-state index contributed by atoms with van der Waals surface area (Å²) in [5.74, 6) is 0. The molecule has 4 aliphatic heterocycles. The van der Waals surface area contributed by atoms with Gasteiger partial charge in [0.25, 0.3) is 0 Å². The van der Waals surface area contributed by atoms with Gasteiger partial charge in [-0.2, -0.15) is 0 Å². The molecule has 0 bridgehead atoms. The summed E-state index contributed by atoms with van der Waals surface area (Å²) in [7, 11) is 0. The zero-order chi connectivity index (χ0) is 21.1. The first-order chi connectivity index (χ1) is 15.4. The Hall–Kier alpha value is -0.200. The van der Waals surface area contributed by atoms with Crippen molar-refractivity contribution in [3.05, 3.63) is 0 Å². The number of hydrogen-bond donors (Lipinski definition) is 0. The summed E-state index contributed by atoms with van der Waals surface area (Å²) in [5, 5.41) is 5.53. The molecule has 0 aromatic carbocycles. The van der Waals surface area contributed by atoms with Gasteiger partial charge in [-0.3, -0.25) is 0 Å². The topological polar surface area (TPSA) is 51.0 Å². The van der Waals surface area contributed by atoms with Crippen LogP contribution in [0.2, 0.25) is 0 Å². The predicted octanol–water partition coefficient (Wildman–Crippen LogP) is 5.16. The van der Waals surface area contributed by atoms with E-state index in [0.717, 1.165) is 65.0 Å². The molecule has 0 aliphatic carbocycles. The molecule has 6 unspecified atom stereocenters. The molecular formula is C26H46NO4. The second kappa shape index (κ2) is 13.5. The Morgan fingerprint density at radius 3 is 1.29 bits per heavy atom. The molecule has 5 heteroatoms. The maximum Gasteiger partial charge on any atom is 0.0744 e. The number of rotatable bonds is 10. The van der Waals surface area contributed by atoms with E-state index in [-0.39, 0.29) is 24.3 Å². The molecule has 4 heterocycles. The molecule has 0 aromatic rings. The highest BCUT2D eigenvalue weighted by molar-refractivity contribution is 4.88. The first-order valence-corrected chi connectivity index (χ1v) is 13.5. The molecule has 4 saturated heterocycles. The van der Waals surface area contributed by atoms with E-state index < -0.39 is 0 Å². The smallest absolute Gasteiger partial charge is 0.0744 e. The fourth-order valence-electron chi connectivity index (χ4n) is 5.88. The molecule has 0 amide bonds. The fourth-order valence-corrected chi connectivity index (χ4v) is 5.88. The van der Waals surface area contributed by atoms with Gasteiger partial charge in [-0.1, -0.05) is 0 Å². The summed E-state index contributed by atoms with van der Waals surface area (Å²) < 4.78 is 24.6. The third kappa shape index (κ3) is 7.96. The monoisotopic (exact) mass is 436 g/mol. The van der Waals surface area contributed by atoms with Crippen molar-refractivity contribution >= 4 is 0 Å². The lowest BCUT2D eigenvalue weighted by molar-refractivity contribution is -0.0485. The van der Waals surface area contributed by atoms with Crippen LogP contribution in [0.15, 0.2) is 0 Å². The summed E-state index contributed by atoms with van der Waals surface area (Å²) in [5.41, 5.74) is 0.